The molecular weight excluding hydrogens is 326 g/mol. The standard InChI is InChI=1S/C17H31N3O3S/c1-19(24(2,22)23)10-9-17(21)18-16-12-20(14-5-3-4-6-14)11-15(16)13-7-8-13/h13-16H,3-12H2,1-2H3,(H,18,21)/t15-,16+/m0/s1. The predicted octanol–water partition coefficient (Wildman–Crippen LogP) is 1.04. The largest absolute Gasteiger partial charge is 0.352 e. The van der Waals surface area contributed by atoms with Crippen LogP contribution in [0.2, 0.25) is 0 Å². The van der Waals surface area contributed by atoms with Crippen LogP contribution in [0.25, 0.3) is 0 Å². The number of carbonyl (C=O) groups excluding carboxylic acids is 1. The van der Waals surface area contributed by atoms with E-state index in [0.29, 0.717) is 12.0 Å². The van der Waals surface area contributed by atoms with Crippen LogP contribution in [0.5, 0.6) is 0 Å². The first-order valence-corrected chi connectivity index (χ1v) is 11.1. The van der Waals surface area contributed by atoms with Gasteiger partial charge in [-0.05, 0) is 37.5 Å². The number of carbonyl (C=O) groups is 1. The predicted molar refractivity (Wildman–Crippen MR) is 94.1 cm³/mol. The van der Waals surface area contributed by atoms with Gasteiger partial charge in [-0.3, -0.25) is 9.69 Å². The lowest BCUT2D eigenvalue weighted by molar-refractivity contribution is -0.122. The fourth-order valence-corrected chi connectivity index (χ4v) is 4.71. The van der Waals surface area contributed by atoms with E-state index in [1.807, 2.05) is 0 Å². The minimum Gasteiger partial charge on any atom is -0.352 e. The van der Waals surface area contributed by atoms with E-state index in [-0.39, 0.29) is 24.9 Å². The topological polar surface area (TPSA) is 69.7 Å². The van der Waals surface area contributed by atoms with Crippen molar-refractivity contribution in [3.63, 3.8) is 0 Å². The summed E-state index contributed by atoms with van der Waals surface area (Å²) in [6.07, 6.45) is 9.28. The van der Waals surface area contributed by atoms with E-state index in [2.05, 4.69) is 10.2 Å². The van der Waals surface area contributed by atoms with Gasteiger partial charge in [0.15, 0.2) is 0 Å². The lowest BCUT2D eigenvalue weighted by Gasteiger charge is -2.23. The van der Waals surface area contributed by atoms with Gasteiger partial charge >= 0.3 is 0 Å². The third-order valence-electron chi connectivity index (χ3n) is 6.03. The number of nitrogens with one attached hydrogen (secondary N) is 1. The summed E-state index contributed by atoms with van der Waals surface area (Å²) < 4.78 is 24.1. The highest BCUT2D eigenvalue weighted by Crippen LogP contribution is 2.42. The Morgan fingerprint density at radius 2 is 1.83 bits per heavy atom. The van der Waals surface area contributed by atoms with Gasteiger partial charge in [0, 0.05) is 45.2 Å². The van der Waals surface area contributed by atoms with E-state index in [9.17, 15) is 13.2 Å². The molecule has 24 heavy (non-hydrogen) atoms. The summed E-state index contributed by atoms with van der Waals surface area (Å²) in [5.41, 5.74) is 0. The van der Waals surface area contributed by atoms with Gasteiger partial charge in [-0.15, -0.1) is 0 Å². The molecule has 0 aromatic carbocycles. The van der Waals surface area contributed by atoms with Crippen LogP contribution in [-0.2, 0) is 14.8 Å². The smallest absolute Gasteiger partial charge is 0.221 e. The van der Waals surface area contributed by atoms with Crippen molar-refractivity contribution in [1.82, 2.24) is 14.5 Å². The maximum atomic E-state index is 12.3. The molecule has 2 atom stereocenters. The van der Waals surface area contributed by atoms with Crippen LogP contribution in [0.1, 0.15) is 44.9 Å². The second-order valence-corrected chi connectivity index (χ2v) is 9.99. The lowest BCUT2D eigenvalue weighted by Crippen LogP contribution is -2.43. The normalized spacial score (nSPS) is 29.5. The molecule has 0 unspecified atom stereocenters. The molecule has 6 nitrogen and oxygen atoms in total. The number of likely N-dealkylation sites (tertiary alicyclic amines) is 1. The molecule has 1 N–H and O–H groups in total. The number of hydrogen-bond acceptors (Lipinski definition) is 4. The molecule has 2 saturated carbocycles. The monoisotopic (exact) mass is 357 g/mol. The Morgan fingerprint density at radius 3 is 2.42 bits per heavy atom. The van der Waals surface area contributed by atoms with Crippen LogP contribution in [0.4, 0.5) is 0 Å². The molecule has 2 aliphatic carbocycles. The number of nitrogens with zero attached hydrogens (tertiary/aromatic N) is 2. The zero-order valence-corrected chi connectivity index (χ0v) is 15.7. The van der Waals surface area contributed by atoms with Crippen molar-refractivity contribution in [1.29, 1.82) is 0 Å². The van der Waals surface area contributed by atoms with Crippen molar-refractivity contribution >= 4 is 15.9 Å². The summed E-state index contributed by atoms with van der Waals surface area (Å²) in [5, 5.41) is 3.21. The fraction of sp³-hybridized carbons (Fsp3) is 0.941. The van der Waals surface area contributed by atoms with Crippen LogP contribution in [0.3, 0.4) is 0 Å². The van der Waals surface area contributed by atoms with Crippen molar-refractivity contribution < 1.29 is 13.2 Å². The maximum absolute atomic E-state index is 12.3. The lowest BCUT2D eigenvalue weighted by atomic mass is 9.98. The minimum absolute atomic E-state index is 0.0191. The molecule has 1 heterocycles. The molecule has 7 heteroatoms. The third-order valence-corrected chi connectivity index (χ3v) is 7.34. The van der Waals surface area contributed by atoms with Crippen molar-refractivity contribution in [2.45, 2.75) is 57.0 Å². The summed E-state index contributed by atoms with van der Waals surface area (Å²) in [7, 11) is -1.69. The molecule has 138 valence electrons. The molecule has 3 fully saturated rings. The Labute approximate surface area is 146 Å². The van der Waals surface area contributed by atoms with Gasteiger partial charge in [-0.1, -0.05) is 12.8 Å². The number of sulfonamides is 1. The van der Waals surface area contributed by atoms with Gasteiger partial charge < -0.3 is 5.32 Å². The Hall–Kier alpha value is -0.660. The number of amides is 1. The molecule has 1 aliphatic heterocycles. The Bertz CT molecular complexity index is 555. The molecule has 1 saturated heterocycles. The highest BCUT2D eigenvalue weighted by molar-refractivity contribution is 7.88. The average Bonchev–Trinajstić information content (AvgIpc) is 3.05. The molecule has 3 aliphatic rings. The second kappa shape index (κ2) is 7.30. The summed E-state index contributed by atoms with van der Waals surface area (Å²) in [4.78, 5) is 14.9. The van der Waals surface area contributed by atoms with Gasteiger partial charge in [0.25, 0.3) is 0 Å². The molecular formula is C17H31N3O3S. The van der Waals surface area contributed by atoms with Crippen LogP contribution >= 0.6 is 0 Å². The van der Waals surface area contributed by atoms with Crippen molar-refractivity contribution in [2.75, 3.05) is 32.9 Å². The van der Waals surface area contributed by atoms with E-state index in [4.69, 9.17) is 0 Å². The summed E-state index contributed by atoms with van der Waals surface area (Å²) >= 11 is 0. The first-order chi connectivity index (χ1) is 11.3. The van der Waals surface area contributed by atoms with Crippen molar-refractivity contribution in [2.24, 2.45) is 11.8 Å². The van der Waals surface area contributed by atoms with E-state index >= 15 is 0 Å². The Morgan fingerprint density at radius 1 is 1.17 bits per heavy atom. The average molecular weight is 358 g/mol. The zero-order valence-electron chi connectivity index (χ0n) is 14.9. The number of hydrogen-bond donors (Lipinski definition) is 1. The van der Waals surface area contributed by atoms with Crippen LogP contribution < -0.4 is 5.32 Å². The SMILES string of the molecule is CN(CCC(=O)N[C@@H]1CN(C2CCCC2)C[C@H]1C1CC1)S(C)(=O)=O. The highest BCUT2D eigenvalue weighted by atomic mass is 32.2. The Kier molecular flexibility index (Phi) is 5.52. The van der Waals surface area contributed by atoms with E-state index in [0.717, 1.165) is 19.0 Å². The Balaban J connectivity index is 1.51. The van der Waals surface area contributed by atoms with Gasteiger partial charge in [0.05, 0.1) is 6.26 Å². The van der Waals surface area contributed by atoms with Crippen LogP contribution in [-0.4, -0.2) is 68.6 Å². The van der Waals surface area contributed by atoms with Gasteiger partial charge in [-0.25, -0.2) is 12.7 Å². The molecule has 0 bridgehead atoms. The van der Waals surface area contributed by atoms with E-state index in [1.54, 1.807) is 0 Å². The number of rotatable bonds is 7. The molecule has 0 radical (unpaired) electrons. The van der Waals surface area contributed by atoms with Gasteiger partial charge in [0.2, 0.25) is 15.9 Å². The third kappa shape index (κ3) is 4.49. The minimum atomic E-state index is -3.21. The van der Waals surface area contributed by atoms with Gasteiger partial charge in [-0.2, -0.15) is 0 Å². The zero-order chi connectivity index (χ0) is 17.3. The first kappa shape index (κ1) is 18.1. The fourth-order valence-electron chi connectivity index (χ4n) is 4.29. The first-order valence-electron chi connectivity index (χ1n) is 9.29. The second-order valence-electron chi connectivity index (χ2n) is 7.90. The quantitative estimate of drug-likeness (QED) is 0.739. The van der Waals surface area contributed by atoms with Crippen LogP contribution in [0.15, 0.2) is 0 Å². The highest BCUT2D eigenvalue weighted by Gasteiger charge is 2.44. The maximum Gasteiger partial charge on any atom is 0.221 e. The molecule has 0 aromatic heterocycles. The van der Waals surface area contributed by atoms with Crippen LogP contribution in [0, 0.1) is 11.8 Å². The summed E-state index contributed by atoms with van der Waals surface area (Å²) in [6.45, 7) is 2.35. The van der Waals surface area contributed by atoms with Crippen molar-refractivity contribution in [3.8, 4) is 0 Å². The summed E-state index contributed by atoms with van der Waals surface area (Å²) in [5.74, 6) is 1.34. The molecule has 3 rings (SSSR count). The van der Waals surface area contributed by atoms with E-state index in [1.165, 1.54) is 56.1 Å². The van der Waals surface area contributed by atoms with Gasteiger partial charge in [0.1, 0.15) is 0 Å². The van der Waals surface area contributed by atoms with Crippen molar-refractivity contribution in [3.05, 3.63) is 0 Å². The van der Waals surface area contributed by atoms with E-state index < -0.39 is 10.0 Å². The molecule has 0 aromatic rings. The molecule has 0 spiro atoms. The summed E-state index contributed by atoms with van der Waals surface area (Å²) in [6, 6.07) is 0.957. The molecule has 1 amide bonds.